The number of anilines is 2. The lowest BCUT2D eigenvalue weighted by Gasteiger charge is -2.12. The smallest absolute Gasteiger partial charge is 0.323 e. The Morgan fingerprint density at radius 2 is 1.66 bits per heavy atom. The first kappa shape index (κ1) is 23.2. The molecule has 1 unspecified atom stereocenters. The summed E-state index contributed by atoms with van der Waals surface area (Å²) in [5.41, 5.74) is 1.78. The summed E-state index contributed by atoms with van der Waals surface area (Å²) in [6.45, 7) is 0. The molecule has 0 heterocycles. The van der Waals surface area contributed by atoms with E-state index in [4.69, 9.17) is 4.74 Å². The zero-order valence-electron chi connectivity index (χ0n) is 17.9. The molecule has 0 aliphatic heterocycles. The van der Waals surface area contributed by atoms with E-state index in [2.05, 4.69) is 10.6 Å². The third kappa shape index (κ3) is 7.35. The number of ether oxygens (including phenoxy) is 1. The number of ketones is 1. The molecule has 1 atom stereocenters. The highest BCUT2D eigenvalue weighted by Crippen LogP contribution is 2.25. The number of carbonyl (C=O) groups is 3. The molecule has 0 spiro atoms. The predicted molar refractivity (Wildman–Crippen MR) is 123 cm³/mol. The molecule has 32 heavy (non-hydrogen) atoms. The van der Waals surface area contributed by atoms with Crippen LogP contribution in [0, 0.1) is 0 Å². The maximum absolute atomic E-state index is 12.2. The molecule has 2 aromatic rings. The number of carbonyl (C=O) groups excluding carboxylic acids is 3. The van der Waals surface area contributed by atoms with Crippen LogP contribution in [0.3, 0.4) is 0 Å². The summed E-state index contributed by atoms with van der Waals surface area (Å²) in [6, 6.07) is 15.4. The summed E-state index contributed by atoms with van der Waals surface area (Å²) in [5, 5.41) is 14.9. The van der Waals surface area contributed by atoms with E-state index in [1.165, 1.54) is 0 Å². The van der Waals surface area contributed by atoms with Gasteiger partial charge < -0.3 is 20.5 Å². The van der Waals surface area contributed by atoms with Gasteiger partial charge in [0.2, 0.25) is 0 Å². The largest absolute Gasteiger partial charge is 0.424 e. The van der Waals surface area contributed by atoms with Crippen LogP contribution in [0.4, 0.5) is 16.2 Å². The van der Waals surface area contributed by atoms with Crippen molar-refractivity contribution in [3.8, 4) is 5.75 Å². The van der Waals surface area contributed by atoms with Crippen molar-refractivity contribution in [2.24, 2.45) is 0 Å². The van der Waals surface area contributed by atoms with Crippen molar-refractivity contribution in [1.29, 1.82) is 0 Å². The standard InChI is InChI=1S/C25H28N2O5/c28-20-16-18(22(29)17-20)10-4-1-2-7-15-24(30)32-23-14-9-8-13-21(23)27-25(31)26-19-11-5-3-6-12-19/h3,5-6,8-9,11-14,16,20,28H,1-2,4,7,10,15,17H2,(H2,26,27,31). The number of hydrogen-bond acceptors (Lipinski definition) is 5. The van der Waals surface area contributed by atoms with Gasteiger partial charge in [0.15, 0.2) is 11.5 Å². The van der Waals surface area contributed by atoms with Crippen molar-refractivity contribution in [3.05, 3.63) is 66.2 Å². The molecule has 0 saturated carbocycles. The number of aliphatic hydroxyl groups is 1. The fourth-order valence-electron chi connectivity index (χ4n) is 3.50. The maximum Gasteiger partial charge on any atom is 0.323 e. The minimum Gasteiger partial charge on any atom is -0.424 e. The summed E-state index contributed by atoms with van der Waals surface area (Å²) >= 11 is 0. The van der Waals surface area contributed by atoms with Gasteiger partial charge in [0.1, 0.15) is 0 Å². The van der Waals surface area contributed by atoms with Crippen LogP contribution < -0.4 is 15.4 Å². The third-order valence-electron chi connectivity index (χ3n) is 5.11. The Hall–Kier alpha value is -3.45. The fraction of sp³-hybridized carbons (Fsp3) is 0.320. The van der Waals surface area contributed by atoms with Crippen molar-refractivity contribution >= 4 is 29.2 Å². The monoisotopic (exact) mass is 436 g/mol. The van der Waals surface area contributed by atoms with E-state index < -0.39 is 12.1 Å². The highest BCUT2D eigenvalue weighted by molar-refractivity contribution is 6.01. The Morgan fingerprint density at radius 3 is 2.41 bits per heavy atom. The molecule has 7 heteroatoms. The van der Waals surface area contributed by atoms with Gasteiger partial charge >= 0.3 is 12.0 Å². The van der Waals surface area contributed by atoms with E-state index in [-0.39, 0.29) is 24.6 Å². The number of para-hydroxylation sites is 3. The second kappa shape index (κ2) is 11.8. The van der Waals surface area contributed by atoms with Crippen LogP contribution in [0.2, 0.25) is 0 Å². The van der Waals surface area contributed by atoms with E-state index in [0.29, 0.717) is 30.0 Å². The van der Waals surface area contributed by atoms with Gasteiger partial charge in [-0.2, -0.15) is 0 Å². The van der Waals surface area contributed by atoms with Crippen LogP contribution in [0.5, 0.6) is 5.75 Å². The third-order valence-corrected chi connectivity index (χ3v) is 5.11. The number of aliphatic hydroxyl groups excluding tert-OH is 1. The second-order valence-electron chi connectivity index (χ2n) is 7.72. The molecule has 168 valence electrons. The first-order valence-corrected chi connectivity index (χ1v) is 10.9. The van der Waals surface area contributed by atoms with Crippen LogP contribution in [-0.2, 0) is 9.59 Å². The zero-order chi connectivity index (χ0) is 22.8. The van der Waals surface area contributed by atoms with Crippen molar-refractivity contribution < 1.29 is 24.2 Å². The molecule has 0 fully saturated rings. The Bertz CT molecular complexity index is 971. The molecule has 2 amide bonds. The van der Waals surface area contributed by atoms with Crippen molar-refractivity contribution in [3.63, 3.8) is 0 Å². The van der Waals surface area contributed by atoms with Crippen LogP contribution in [0.15, 0.2) is 66.2 Å². The number of benzene rings is 2. The van der Waals surface area contributed by atoms with Gasteiger partial charge in [-0.25, -0.2) is 4.79 Å². The zero-order valence-corrected chi connectivity index (χ0v) is 17.9. The molecule has 0 aromatic heterocycles. The highest BCUT2D eigenvalue weighted by atomic mass is 16.5. The lowest BCUT2D eigenvalue weighted by Crippen LogP contribution is -2.20. The molecule has 3 rings (SSSR count). The van der Waals surface area contributed by atoms with E-state index >= 15 is 0 Å². The van der Waals surface area contributed by atoms with Gasteiger partial charge in [0, 0.05) is 18.5 Å². The van der Waals surface area contributed by atoms with Gasteiger partial charge in [-0.15, -0.1) is 0 Å². The molecule has 0 saturated heterocycles. The number of urea groups is 1. The van der Waals surface area contributed by atoms with Gasteiger partial charge in [0.25, 0.3) is 0 Å². The van der Waals surface area contributed by atoms with Gasteiger partial charge in [0.05, 0.1) is 11.8 Å². The maximum atomic E-state index is 12.2. The van der Waals surface area contributed by atoms with Crippen molar-refractivity contribution in [2.75, 3.05) is 10.6 Å². The number of amides is 2. The minimum absolute atomic E-state index is 0.0332. The number of esters is 1. The molecule has 7 nitrogen and oxygen atoms in total. The van der Waals surface area contributed by atoms with E-state index in [1.54, 1.807) is 42.5 Å². The molecule has 2 aromatic carbocycles. The average molecular weight is 437 g/mol. The topological polar surface area (TPSA) is 105 Å². The predicted octanol–water partition coefficient (Wildman–Crippen LogP) is 4.84. The van der Waals surface area contributed by atoms with E-state index in [9.17, 15) is 19.5 Å². The number of allylic oxidation sites excluding steroid dienone is 1. The normalized spacial score (nSPS) is 15.2. The number of rotatable bonds is 10. The molecule has 0 bridgehead atoms. The lowest BCUT2D eigenvalue weighted by molar-refractivity contribution is -0.134. The van der Waals surface area contributed by atoms with Crippen LogP contribution in [-0.4, -0.2) is 29.0 Å². The van der Waals surface area contributed by atoms with E-state index in [1.807, 2.05) is 18.2 Å². The first-order valence-electron chi connectivity index (χ1n) is 10.9. The number of hydrogen-bond donors (Lipinski definition) is 3. The Labute approximate surface area is 187 Å². The van der Waals surface area contributed by atoms with Crippen LogP contribution >= 0.6 is 0 Å². The molecule has 1 aliphatic rings. The number of Topliss-reactive ketones (excluding diaryl/α,β-unsaturated/α-hetero) is 1. The lowest BCUT2D eigenvalue weighted by atomic mass is 10.0. The van der Waals surface area contributed by atoms with E-state index in [0.717, 1.165) is 24.8 Å². The summed E-state index contributed by atoms with van der Waals surface area (Å²) in [4.78, 5) is 36.1. The fourth-order valence-corrected chi connectivity index (χ4v) is 3.50. The van der Waals surface area contributed by atoms with Crippen LogP contribution in [0.25, 0.3) is 0 Å². The summed E-state index contributed by atoms with van der Waals surface area (Å²) < 4.78 is 5.45. The Morgan fingerprint density at radius 1 is 0.938 bits per heavy atom. The second-order valence-corrected chi connectivity index (χ2v) is 7.72. The Balaban J connectivity index is 1.38. The summed E-state index contributed by atoms with van der Waals surface area (Å²) in [7, 11) is 0. The molecule has 0 radical (unpaired) electrons. The molecule has 1 aliphatic carbocycles. The van der Waals surface area contributed by atoms with Crippen LogP contribution in [0.1, 0.15) is 44.9 Å². The SMILES string of the molecule is O=C(Nc1ccccc1)Nc1ccccc1OC(=O)CCCCCCC1=CC(O)CC1=O. The number of nitrogens with one attached hydrogen (secondary N) is 2. The van der Waals surface area contributed by atoms with Crippen molar-refractivity contribution in [1.82, 2.24) is 0 Å². The molecule has 3 N–H and O–H groups in total. The van der Waals surface area contributed by atoms with Gasteiger partial charge in [-0.1, -0.05) is 43.2 Å². The summed E-state index contributed by atoms with van der Waals surface area (Å²) in [5.74, 6) is -0.0312. The van der Waals surface area contributed by atoms with Crippen molar-refractivity contribution in [2.45, 2.75) is 51.0 Å². The van der Waals surface area contributed by atoms with Gasteiger partial charge in [-0.05, 0) is 55.2 Å². The first-order chi connectivity index (χ1) is 15.5. The van der Waals surface area contributed by atoms with Gasteiger partial charge in [-0.3, -0.25) is 9.59 Å². The molecular formula is C25H28N2O5. The molecular weight excluding hydrogens is 408 g/mol. The average Bonchev–Trinajstić information content (AvgIpc) is 3.09. The number of unbranched alkanes of at least 4 members (excludes halogenated alkanes) is 3. The summed E-state index contributed by atoms with van der Waals surface area (Å²) in [6.07, 6.45) is 5.42. The quantitative estimate of drug-likeness (QED) is 0.281. The Kier molecular flexibility index (Phi) is 8.57. The minimum atomic E-state index is -0.631. The highest BCUT2D eigenvalue weighted by Gasteiger charge is 2.21.